The lowest BCUT2D eigenvalue weighted by atomic mass is 10.0. The van der Waals surface area contributed by atoms with E-state index in [0.29, 0.717) is 12.6 Å². The van der Waals surface area contributed by atoms with Crippen LogP contribution in [-0.2, 0) is 0 Å². The zero-order chi connectivity index (χ0) is 10.0. The molecule has 2 aliphatic rings. The first kappa shape index (κ1) is 10.3. The average Bonchev–Trinajstić information content (AvgIpc) is 2.47. The molecule has 0 bridgehead atoms. The van der Waals surface area contributed by atoms with E-state index in [1.165, 1.54) is 12.8 Å². The summed E-state index contributed by atoms with van der Waals surface area (Å²) in [7, 11) is 0. The Balaban J connectivity index is 1.75. The maximum atomic E-state index is 12.9. The van der Waals surface area contributed by atoms with Crippen molar-refractivity contribution >= 4 is 0 Å². The van der Waals surface area contributed by atoms with Crippen LogP contribution in [0.4, 0.5) is 8.78 Å². The monoisotopic (exact) mass is 204 g/mol. The Labute approximate surface area is 83.7 Å². The molecule has 0 saturated carbocycles. The van der Waals surface area contributed by atoms with Gasteiger partial charge in [0, 0.05) is 25.6 Å². The lowest BCUT2D eigenvalue weighted by molar-refractivity contribution is 0.0112. The molecule has 2 fully saturated rings. The number of alkyl halides is 2. The first-order valence-corrected chi connectivity index (χ1v) is 5.49. The molecule has 0 aromatic carbocycles. The normalized spacial score (nSPS) is 33.4. The zero-order valence-corrected chi connectivity index (χ0v) is 8.44. The van der Waals surface area contributed by atoms with Gasteiger partial charge in [-0.05, 0) is 19.4 Å². The fraction of sp³-hybridized carbons (Fsp3) is 1.00. The minimum atomic E-state index is -2.44. The molecular formula is C10H18F2N2. The highest BCUT2D eigenvalue weighted by Gasteiger charge is 2.38. The van der Waals surface area contributed by atoms with Crippen LogP contribution in [0.15, 0.2) is 0 Å². The number of nitrogens with one attached hydrogen (secondary N) is 1. The highest BCUT2D eigenvalue weighted by molar-refractivity contribution is 4.85. The molecule has 0 amide bonds. The molecule has 0 unspecified atom stereocenters. The van der Waals surface area contributed by atoms with E-state index in [4.69, 9.17) is 0 Å². The molecule has 82 valence electrons. The summed E-state index contributed by atoms with van der Waals surface area (Å²) in [4.78, 5) is 1.89. The molecular weight excluding hydrogens is 186 g/mol. The molecule has 2 heterocycles. The van der Waals surface area contributed by atoms with Gasteiger partial charge >= 0.3 is 0 Å². The summed E-state index contributed by atoms with van der Waals surface area (Å²) < 4.78 is 25.8. The van der Waals surface area contributed by atoms with Crippen LogP contribution in [0.1, 0.15) is 25.7 Å². The van der Waals surface area contributed by atoms with E-state index < -0.39 is 5.92 Å². The lowest BCUT2D eigenvalue weighted by Crippen LogP contribution is -2.43. The van der Waals surface area contributed by atoms with Crippen LogP contribution in [0.25, 0.3) is 0 Å². The molecule has 4 heteroatoms. The molecule has 1 atom stereocenters. The summed E-state index contributed by atoms with van der Waals surface area (Å²) in [6.07, 6.45) is 3.65. The highest BCUT2D eigenvalue weighted by atomic mass is 19.3. The van der Waals surface area contributed by atoms with Crippen LogP contribution >= 0.6 is 0 Å². The molecule has 2 saturated heterocycles. The third-order valence-electron chi connectivity index (χ3n) is 3.14. The summed E-state index contributed by atoms with van der Waals surface area (Å²) in [6, 6.07) is 0.442. The van der Waals surface area contributed by atoms with Crippen molar-refractivity contribution < 1.29 is 8.78 Å². The van der Waals surface area contributed by atoms with Gasteiger partial charge in [-0.2, -0.15) is 0 Å². The van der Waals surface area contributed by atoms with Gasteiger partial charge in [-0.3, -0.25) is 4.90 Å². The van der Waals surface area contributed by atoms with Crippen LogP contribution in [0.3, 0.4) is 0 Å². The number of halogens is 2. The van der Waals surface area contributed by atoms with Crippen molar-refractivity contribution in [2.75, 3.05) is 26.2 Å². The van der Waals surface area contributed by atoms with Gasteiger partial charge in [-0.1, -0.05) is 6.42 Å². The topological polar surface area (TPSA) is 15.3 Å². The zero-order valence-electron chi connectivity index (χ0n) is 8.44. The summed E-state index contributed by atoms with van der Waals surface area (Å²) in [5.41, 5.74) is 0. The first-order valence-electron chi connectivity index (χ1n) is 5.49. The molecule has 0 aliphatic carbocycles. The predicted octanol–water partition coefficient (Wildman–Crippen LogP) is 1.47. The molecule has 1 N–H and O–H groups in total. The van der Waals surface area contributed by atoms with Gasteiger partial charge in [0.05, 0.1) is 6.54 Å². The van der Waals surface area contributed by atoms with Gasteiger partial charge < -0.3 is 5.32 Å². The molecule has 2 aliphatic heterocycles. The standard InChI is InChI=1S/C10H18F2N2/c11-10(12)4-6-14(8-10)7-9-3-1-2-5-13-9/h9,13H,1-8H2/t9-/m1/s1. The molecule has 0 spiro atoms. The Bertz CT molecular complexity index is 191. The average molecular weight is 204 g/mol. The Morgan fingerprint density at radius 1 is 1.36 bits per heavy atom. The van der Waals surface area contributed by atoms with Gasteiger partial charge in [0.1, 0.15) is 0 Å². The van der Waals surface area contributed by atoms with Gasteiger partial charge in [0.15, 0.2) is 0 Å². The maximum absolute atomic E-state index is 12.9. The van der Waals surface area contributed by atoms with E-state index >= 15 is 0 Å². The highest BCUT2D eigenvalue weighted by Crippen LogP contribution is 2.27. The second-order valence-electron chi connectivity index (χ2n) is 4.49. The largest absolute Gasteiger partial charge is 0.313 e. The summed E-state index contributed by atoms with van der Waals surface area (Å²) in [6.45, 7) is 2.38. The van der Waals surface area contributed by atoms with E-state index in [2.05, 4.69) is 5.32 Å². The van der Waals surface area contributed by atoms with E-state index in [0.717, 1.165) is 19.5 Å². The van der Waals surface area contributed by atoms with Gasteiger partial charge in [0.25, 0.3) is 5.92 Å². The Kier molecular flexibility index (Phi) is 3.02. The van der Waals surface area contributed by atoms with E-state index in [1.54, 1.807) is 0 Å². The number of hydrogen-bond donors (Lipinski definition) is 1. The Morgan fingerprint density at radius 3 is 2.79 bits per heavy atom. The fourth-order valence-corrected chi connectivity index (χ4v) is 2.35. The van der Waals surface area contributed by atoms with Crippen LogP contribution in [0, 0.1) is 0 Å². The number of likely N-dealkylation sites (tertiary alicyclic amines) is 1. The van der Waals surface area contributed by atoms with Crippen LogP contribution in [-0.4, -0.2) is 43.0 Å². The second-order valence-corrected chi connectivity index (χ2v) is 4.49. The van der Waals surface area contributed by atoms with Gasteiger partial charge in [0.2, 0.25) is 0 Å². The SMILES string of the molecule is FC1(F)CCN(C[C@H]2CCCCN2)C1. The van der Waals surface area contributed by atoms with Crippen molar-refractivity contribution in [3.63, 3.8) is 0 Å². The van der Waals surface area contributed by atoms with Crippen molar-refractivity contribution in [2.45, 2.75) is 37.6 Å². The van der Waals surface area contributed by atoms with Gasteiger partial charge in [-0.15, -0.1) is 0 Å². The Hall–Kier alpha value is -0.220. The van der Waals surface area contributed by atoms with Crippen LogP contribution in [0.2, 0.25) is 0 Å². The van der Waals surface area contributed by atoms with E-state index in [1.807, 2.05) is 4.90 Å². The van der Waals surface area contributed by atoms with Gasteiger partial charge in [-0.25, -0.2) is 8.78 Å². The quantitative estimate of drug-likeness (QED) is 0.732. The van der Waals surface area contributed by atoms with E-state index in [-0.39, 0.29) is 13.0 Å². The van der Waals surface area contributed by atoms with Crippen molar-refractivity contribution in [1.82, 2.24) is 10.2 Å². The summed E-state index contributed by atoms with van der Waals surface area (Å²) in [5.74, 6) is -2.44. The molecule has 0 aromatic heterocycles. The summed E-state index contributed by atoms with van der Waals surface area (Å²) >= 11 is 0. The maximum Gasteiger partial charge on any atom is 0.261 e. The first-order chi connectivity index (χ1) is 6.66. The number of piperidine rings is 1. The van der Waals surface area contributed by atoms with Crippen molar-refractivity contribution in [3.05, 3.63) is 0 Å². The minimum Gasteiger partial charge on any atom is -0.313 e. The predicted molar refractivity (Wildman–Crippen MR) is 51.6 cm³/mol. The second kappa shape index (κ2) is 4.11. The summed E-state index contributed by atoms with van der Waals surface area (Å²) in [5, 5.41) is 3.39. The molecule has 2 rings (SSSR count). The van der Waals surface area contributed by atoms with Crippen LogP contribution in [0.5, 0.6) is 0 Å². The molecule has 2 nitrogen and oxygen atoms in total. The van der Waals surface area contributed by atoms with E-state index in [9.17, 15) is 8.78 Å². The number of nitrogens with zero attached hydrogens (tertiary/aromatic N) is 1. The third-order valence-corrected chi connectivity index (χ3v) is 3.14. The molecule has 14 heavy (non-hydrogen) atoms. The smallest absolute Gasteiger partial charge is 0.261 e. The Morgan fingerprint density at radius 2 is 2.21 bits per heavy atom. The number of rotatable bonds is 2. The number of hydrogen-bond acceptors (Lipinski definition) is 2. The van der Waals surface area contributed by atoms with Crippen molar-refractivity contribution in [3.8, 4) is 0 Å². The minimum absolute atomic E-state index is 0.0365. The fourth-order valence-electron chi connectivity index (χ4n) is 2.35. The third kappa shape index (κ3) is 2.64. The molecule has 0 aromatic rings. The lowest BCUT2D eigenvalue weighted by Gasteiger charge is -2.27. The van der Waals surface area contributed by atoms with Crippen LogP contribution < -0.4 is 5.32 Å². The molecule has 0 radical (unpaired) electrons. The van der Waals surface area contributed by atoms with Crippen molar-refractivity contribution in [2.24, 2.45) is 0 Å². The van der Waals surface area contributed by atoms with Crippen molar-refractivity contribution in [1.29, 1.82) is 0 Å².